The van der Waals surface area contributed by atoms with Crippen molar-refractivity contribution in [1.82, 2.24) is 0 Å². The van der Waals surface area contributed by atoms with Crippen LogP contribution >= 0.6 is 11.6 Å². The van der Waals surface area contributed by atoms with Crippen LogP contribution in [0.5, 0.6) is 0 Å². The van der Waals surface area contributed by atoms with Crippen molar-refractivity contribution < 1.29 is 9.90 Å². The lowest BCUT2D eigenvalue weighted by atomic mass is 9.94. The molecule has 2 nitrogen and oxygen atoms in total. The van der Waals surface area contributed by atoms with E-state index < -0.39 is 5.60 Å². The Morgan fingerprint density at radius 3 is 2.71 bits per heavy atom. The summed E-state index contributed by atoms with van der Waals surface area (Å²) in [5.74, 6) is 0. The van der Waals surface area contributed by atoms with Crippen molar-refractivity contribution in [2.45, 2.75) is 25.4 Å². The molecular formula is C11H13ClO2. The van der Waals surface area contributed by atoms with E-state index in [-0.39, 0.29) is 6.42 Å². The number of hydrogen-bond donors (Lipinski definition) is 1. The molecule has 76 valence electrons. The van der Waals surface area contributed by atoms with Crippen molar-refractivity contribution in [2.24, 2.45) is 0 Å². The van der Waals surface area contributed by atoms with Gasteiger partial charge in [-0.25, -0.2) is 0 Å². The van der Waals surface area contributed by atoms with Crippen molar-refractivity contribution >= 4 is 17.9 Å². The topological polar surface area (TPSA) is 37.3 Å². The number of carbonyl (C=O) groups is 1. The van der Waals surface area contributed by atoms with Crippen LogP contribution in [-0.2, 0) is 11.2 Å². The molecule has 0 spiro atoms. The minimum atomic E-state index is -1.01. The average molecular weight is 213 g/mol. The van der Waals surface area contributed by atoms with Gasteiger partial charge in [-0.15, -0.1) is 0 Å². The molecule has 0 heterocycles. The van der Waals surface area contributed by atoms with Crippen molar-refractivity contribution in [3.63, 3.8) is 0 Å². The second kappa shape index (κ2) is 4.58. The molecule has 0 saturated heterocycles. The molecule has 0 aliphatic rings. The van der Waals surface area contributed by atoms with E-state index in [1.54, 1.807) is 13.0 Å². The second-order valence-electron chi connectivity index (χ2n) is 3.64. The highest BCUT2D eigenvalue weighted by atomic mass is 35.5. The zero-order chi connectivity index (χ0) is 10.6. The molecule has 0 amide bonds. The van der Waals surface area contributed by atoms with Crippen LogP contribution in [0.25, 0.3) is 0 Å². The van der Waals surface area contributed by atoms with Gasteiger partial charge in [-0.1, -0.05) is 29.8 Å². The van der Waals surface area contributed by atoms with Gasteiger partial charge in [-0.2, -0.15) is 0 Å². The zero-order valence-corrected chi connectivity index (χ0v) is 8.79. The Morgan fingerprint density at radius 1 is 1.50 bits per heavy atom. The Bertz CT molecular complexity index is 321. The van der Waals surface area contributed by atoms with Crippen LogP contribution in [0.1, 0.15) is 18.9 Å². The fourth-order valence-electron chi connectivity index (χ4n) is 1.30. The van der Waals surface area contributed by atoms with Crippen LogP contribution < -0.4 is 0 Å². The van der Waals surface area contributed by atoms with E-state index in [2.05, 4.69) is 0 Å². The Balaban J connectivity index is 2.78. The fraction of sp³-hybridized carbons (Fsp3) is 0.364. The summed E-state index contributed by atoms with van der Waals surface area (Å²) in [7, 11) is 0. The predicted molar refractivity (Wildman–Crippen MR) is 56.5 cm³/mol. The van der Waals surface area contributed by atoms with Gasteiger partial charge in [0.05, 0.1) is 5.60 Å². The molecule has 1 aromatic rings. The van der Waals surface area contributed by atoms with Crippen molar-refractivity contribution in [2.75, 3.05) is 0 Å². The Hall–Kier alpha value is -0.860. The summed E-state index contributed by atoms with van der Waals surface area (Å²) in [6.07, 6.45) is 1.24. The van der Waals surface area contributed by atoms with Gasteiger partial charge in [0.2, 0.25) is 0 Å². The molecule has 1 rings (SSSR count). The molecule has 0 aliphatic heterocycles. The molecule has 1 N–H and O–H groups in total. The maximum absolute atomic E-state index is 10.3. The largest absolute Gasteiger partial charge is 0.389 e. The molecule has 0 saturated carbocycles. The number of rotatable bonds is 4. The van der Waals surface area contributed by atoms with Crippen LogP contribution in [0, 0.1) is 0 Å². The van der Waals surface area contributed by atoms with Gasteiger partial charge < -0.3 is 9.90 Å². The molecule has 0 radical (unpaired) electrons. The van der Waals surface area contributed by atoms with E-state index in [1.807, 2.05) is 18.2 Å². The molecule has 1 aromatic carbocycles. The number of halogens is 1. The van der Waals surface area contributed by atoms with Gasteiger partial charge in [-0.3, -0.25) is 0 Å². The number of benzene rings is 1. The van der Waals surface area contributed by atoms with Gasteiger partial charge in [0.25, 0.3) is 0 Å². The van der Waals surface area contributed by atoms with Crippen molar-refractivity contribution in [1.29, 1.82) is 0 Å². The number of carbonyl (C=O) groups excluding carboxylic acids is 1. The lowest BCUT2D eigenvalue weighted by Gasteiger charge is -2.20. The van der Waals surface area contributed by atoms with Gasteiger partial charge in [0.1, 0.15) is 6.29 Å². The summed E-state index contributed by atoms with van der Waals surface area (Å²) in [5, 5.41) is 10.4. The van der Waals surface area contributed by atoms with Crippen LogP contribution in [0.15, 0.2) is 24.3 Å². The van der Waals surface area contributed by atoms with Gasteiger partial charge in [-0.05, 0) is 18.6 Å². The normalized spacial score (nSPS) is 14.8. The monoisotopic (exact) mass is 212 g/mol. The quantitative estimate of drug-likeness (QED) is 0.778. The van der Waals surface area contributed by atoms with Crippen molar-refractivity contribution in [3.05, 3.63) is 34.9 Å². The van der Waals surface area contributed by atoms with E-state index in [0.29, 0.717) is 11.4 Å². The summed E-state index contributed by atoms with van der Waals surface area (Å²) in [4.78, 5) is 10.3. The first-order chi connectivity index (χ1) is 6.55. The molecule has 14 heavy (non-hydrogen) atoms. The Morgan fingerprint density at radius 2 is 2.14 bits per heavy atom. The molecule has 0 aromatic heterocycles. The van der Waals surface area contributed by atoms with Crippen LogP contribution in [-0.4, -0.2) is 17.0 Å². The fourth-order valence-corrected chi connectivity index (χ4v) is 1.51. The summed E-state index contributed by atoms with van der Waals surface area (Å²) >= 11 is 5.93. The summed E-state index contributed by atoms with van der Waals surface area (Å²) in [6.45, 7) is 1.63. The van der Waals surface area contributed by atoms with E-state index in [9.17, 15) is 9.90 Å². The molecule has 3 heteroatoms. The first-order valence-electron chi connectivity index (χ1n) is 4.44. The predicted octanol–water partition coefficient (Wildman–Crippen LogP) is 2.22. The van der Waals surface area contributed by atoms with Crippen LogP contribution in [0.2, 0.25) is 5.02 Å². The third-order valence-corrected chi connectivity index (χ3v) is 2.42. The maximum Gasteiger partial charge on any atom is 0.122 e. The molecular weight excluding hydrogens is 200 g/mol. The molecule has 1 unspecified atom stereocenters. The van der Waals surface area contributed by atoms with E-state index in [1.165, 1.54) is 0 Å². The lowest BCUT2D eigenvalue weighted by molar-refractivity contribution is -0.111. The van der Waals surface area contributed by atoms with Crippen LogP contribution in [0.4, 0.5) is 0 Å². The molecule has 0 bridgehead atoms. The minimum absolute atomic E-state index is 0.123. The minimum Gasteiger partial charge on any atom is -0.389 e. The van der Waals surface area contributed by atoms with E-state index in [4.69, 9.17) is 11.6 Å². The Kier molecular flexibility index (Phi) is 3.67. The molecule has 0 fully saturated rings. The first kappa shape index (κ1) is 11.2. The van der Waals surface area contributed by atoms with E-state index in [0.717, 1.165) is 11.8 Å². The smallest absolute Gasteiger partial charge is 0.122 e. The highest BCUT2D eigenvalue weighted by Gasteiger charge is 2.21. The number of aldehydes is 1. The van der Waals surface area contributed by atoms with E-state index >= 15 is 0 Å². The highest BCUT2D eigenvalue weighted by molar-refractivity contribution is 6.31. The molecule has 1 atom stereocenters. The third kappa shape index (κ3) is 3.13. The summed E-state index contributed by atoms with van der Waals surface area (Å²) in [5.41, 5.74) is -0.145. The first-order valence-corrected chi connectivity index (χ1v) is 4.82. The summed E-state index contributed by atoms with van der Waals surface area (Å²) < 4.78 is 0. The zero-order valence-electron chi connectivity index (χ0n) is 8.03. The summed E-state index contributed by atoms with van der Waals surface area (Å²) in [6, 6.07) is 7.31. The number of aliphatic hydroxyl groups is 1. The maximum atomic E-state index is 10.3. The second-order valence-corrected chi connectivity index (χ2v) is 4.04. The highest BCUT2D eigenvalue weighted by Crippen LogP contribution is 2.22. The molecule has 0 aliphatic carbocycles. The Labute approximate surface area is 88.5 Å². The third-order valence-electron chi connectivity index (χ3n) is 2.05. The standard InChI is InChI=1S/C11H13ClO2/c1-11(14,6-7-13)8-9-4-2-3-5-10(9)12/h2-5,7,14H,6,8H2,1H3. The van der Waals surface area contributed by atoms with Gasteiger partial charge in [0.15, 0.2) is 0 Å². The lowest BCUT2D eigenvalue weighted by Crippen LogP contribution is -2.27. The number of hydrogen-bond acceptors (Lipinski definition) is 2. The van der Waals surface area contributed by atoms with Crippen molar-refractivity contribution in [3.8, 4) is 0 Å². The average Bonchev–Trinajstić information content (AvgIpc) is 2.08. The van der Waals surface area contributed by atoms with Gasteiger partial charge >= 0.3 is 0 Å². The SMILES string of the molecule is CC(O)(CC=O)Cc1ccccc1Cl. The van der Waals surface area contributed by atoms with Crippen LogP contribution in [0.3, 0.4) is 0 Å². The van der Waals surface area contributed by atoms with Gasteiger partial charge in [0, 0.05) is 17.9 Å².